The van der Waals surface area contributed by atoms with E-state index >= 15 is 0 Å². The fourth-order valence-electron chi connectivity index (χ4n) is 3.20. The molecular weight excluding hydrogens is 304 g/mol. The molecule has 1 aromatic heterocycles. The summed E-state index contributed by atoms with van der Waals surface area (Å²) in [7, 11) is 2.15. The molecule has 1 aromatic rings. The molecule has 0 aromatic carbocycles. The Morgan fingerprint density at radius 1 is 1.33 bits per heavy atom. The number of hydrogen-bond acceptors (Lipinski definition) is 5. The van der Waals surface area contributed by atoms with Crippen molar-refractivity contribution in [3.05, 3.63) is 23.9 Å². The third-order valence-corrected chi connectivity index (χ3v) is 4.84. The zero-order valence-electron chi connectivity index (χ0n) is 14.5. The van der Waals surface area contributed by atoms with Crippen LogP contribution in [0.3, 0.4) is 0 Å². The van der Waals surface area contributed by atoms with Gasteiger partial charge in [0.15, 0.2) is 0 Å². The maximum absolute atomic E-state index is 11.9. The Bertz CT molecular complexity index is 520. The third-order valence-electron chi connectivity index (χ3n) is 4.84. The molecule has 2 aliphatic rings. The van der Waals surface area contributed by atoms with Crippen LogP contribution in [-0.4, -0.2) is 61.7 Å². The summed E-state index contributed by atoms with van der Waals surface area (Å²) in [5, 5.41) is 2.97. The van der Waals surface area contributed by atoms with Crippen molar-refractivity contribution in [1.82, 2.24) is 15.2 Å². The molecule has 3 heterocycles. The molecule has 2 aliphatic heterocycles. The van der Waals surface area contributed by atoms with Crippen LogP contribution in [0, 0.1) is 0 Å². The van der Waals surface area contributed by atoms with E-state index in [2.05, 4.69) is 39.3 Å². The molecule has 6 nitrogen and oxygen atoms in total. The van der Waals surface area contributed by atoms with Crippen LogP contribution in [0.2, 0.25) is 0 Å². The number of anilines is 1. The average Bonchev–Trinajstić information content (AvgIpc) is 3.13. The number of nitrogens with one attached hydrogen (secondary N) is 1. The molecule has 0 unspecified atom stereocenters. The highest BCUT2D eigenvalue weighted by Gasteiger charge is 2.17. The van der Waals surface area contributed by atoms with Crippen LogP contribution in [0.4, 0.5) is 5.82 Å². The second kappa shape index (κ2) is 8.44. The van der Waals surface area contributed by atoms with Crippen LogP contribution < -0.4 is 10.2 Å². The molecular formula is C18H28N4O2. The van der Waals surface area contributed by atoms with Crippen LogP contribution in [-0.2, 0) is 16.1 Å². The van der Waals surface area contributed by atoms with Gasteiger partial charge in [-0.2, -0.15) is 0 Å². The summed E-state index contributed by atoms with van der Waals surface area (Å²) in [5.41, 5.74) is 1.04. The fraction of sp³-hybridized carbons (Fsp3) is 0.667. The molecule has 2 saturated heterocycles. The van der Waals surface area contributed by atoms with Gasteiger partial charge in [-0.15, -0.1) is 0 Å². The largest absolute Gasteiger partial charge is 0.378 e. The standard InChI is InChI=1S/C18H28N4O2/c1-21-8-10-22(11-9-21)17-6-4-15(13-19-17)14-20-18(23)7-5-16-3-2-12-24-16/h4,6,13,16H,2-3,5,7-12,14H2,1H3,(H,20,23)/t16-/m0/s1. The maximum atomic E-state index is 11.9. The lowest BCUT2D eigenvalue weighted by molar-refractivity contribution is -0.121. The van der Waals surface area contributed by atoms with Crippen molar-refractivity contribution in [3.63, 3.8) is 0 Å². The summed E-state index contributed by atoms with van der Waals surface area (Å²) in [6.45, 7) is 5.57. The minimum atomic E-state index is 0.0913. The van der Waals surface area contributed by atoms with Gasteiger partial charge >= 0.3 is 0 Å². The second-order valence-corrected chi connectivity index (χ2v) is 6.77. The molecule has 3 rings (SSSR count). The molecule has 132 valence electrons. The zero-order chi connectivity index (χ0) is 16.8. The first-order valence-electron chi connectivity index (χ1n) is 8.97. The van der Waals surface area contributed by atoms with E-state index in [0.717, 1.165) is 63.4 Å². The van der Waals surface area contributed by atoms with Crippen molar-refractivity contribution in [2.24, 2.45) is 0 Å². The summed E-state index contributed by atoms with van der Waals surface area (Å²) in [4.78, 5) is 21.1. The first-order chi connectivity index (χ1) is 11.7. The highest BCUT2D eigenvalue weighted by Crippen LogP contribution is 2.17. The van der Waals surface area contributed by atoms with Crippen LogP contribution >= 0.6 is 0 Å². The molecule has 0 saturated carbocycles. The van der Waals surface area contributed by atoms with Crippen molar-refractivity contribution < 1.29 is 9.53 Å². The van der Waals surface area contributed by atoms with Crippen LogP contribution in [0.1, 0.15) is 31.2 Å². The minimum Gasteiger partial charge on any atom is -0.378 e. The SMILES string of the molecule is CN1CCN(c2ccc(CNC(=O)CC[C@@H]3CCCO3)cn2)CC1. The van der Waals surface area contributed by atoms with Gasteiger partial charge in [0.2, 0.25) is 5.91 Å². The second-order valence-electron chi connectivity index (χ2n) is 6.77. The van der Waals surface area contributed by atoms with Crippen molar-refractivity contribution >= 4 is 11.7 Å². The number of rotatable bonds is 6. The van der Waals surface area contributed by atoms with Gasteiger partial charge in [-0.3, -0.25) is 4.79 Å². The van der Waals surface area contributed by atoms with Gasteiger partial charge in [0, 0.05) is 51.9 Å². The number of carbonyl (C=O) groups is 1. The smallest absolute Gasteiger partial charge is 0.220 e. The highest BCUT2D eigenvalue weighted by molar-refractivity contribution is 5.75. The molecule has 1 atom stereocenters. The van der Waals surface area contributed by atoms with Crippen LogP contribution in [0.25, 0.3) is 0 Å². The van der Waals surface area contributed by atoms with Gasteiger partial charge in [0.25, 0.3) is 0 Å². The van der Waals surface area contributed by atoms with Gasteiger partial charge in [-0.1, -0.05) is 6.07 Å². The number of pyridine rings is 1. The number of nitrogens with zero attached hydrogens (tertiary/aromatic N) is 3. The highest BCUT2D eigenvalue weighted by atomic mass is 16.5. The van der Waals surface area contributed by atoms with Crippen molar-refractivity contribution in [2.75, 3.05) is 44.7 Å². The molecule has 1 N–H and O–H groups in total. The number of piperazine rings is 1. The molecule has 6 heteroatoms. The summed E-state index contributed by atoms with van der Waals surface area (Å²) in [5.74, 6) is 1.12. The van der Waals surface area contributed by atoms with Crippen LogP contribution in [0.5, 0.6) is 0 Å². The first-order valence-corrected chi connectivity index (χ1v) is 8.97. The molecule has 0 aliphatic carbocycles. The van der Waals surface area contributed by atoms with E-state index < -0.39 is 0 Å². The predicted octanol–water partition coefficient (Wildman–Crippen LogP) is 1.41. The Labute approximate surface area is 144 Å². The number of amides is 1. The van der Waals surface area contributed by atoms with E-state index in [4.69, 9.17) is 4.74 Å². The monoisotopic (exact) mass is 332 g/mol. The summed E-state index contributed by atoms with van der Waals surface area (Å²) in [6, 6.07) is 4.11. The Kier molecular flexibility index (Phi) is 6.04. The van der Waals surface area contributed by atoms with Crippen LogP contribution in [0.15, 0.2) is 18.3 Å². The molecule has 24 heavy (non-hydrogen) atoms. The number of carbonyl (C=O) groups excluding carboxylic acids is 1. The van der Waals surface area contributed by atoms with E-state index in [1.807, 2.05) is 6.20 Å². The van der Waals surface area contributed by atoms with E-state index in [1.165, 1.54) is 0 Å². The lowest BCUT2D eigenvalue weighted by Crippen LogP contribution is -2.44. The molecule has 0 spiro atoms. The molecule has 0 bridgehead atoms. The lowest BCUT2D eigenvalue weighted by Gasteiger charge is -2.33. The van der Waals surface area contributed by atoms with E-state index in [0.29, 0.717) is 13.0 Å². The Hall–Kier alpha value is -1.66. The lowest BCUT2D eigenvalue weighted by atomic mass is 10.1. The Morgan fingerprint density at radius 3 is 2.83 bits per heavy atom. The Morgan fingerprint density at radius 2 is 2.17 bits per heavy atom. The topological polar surface area (TPSA) is 57.7 Å². The van der Waals surface area contributed by atoms with Gasteiger partial charge in [-0.05, 0) is 37.9 Å². The summed E-state index contributed by atoms with van der Waals surface area (Å²) >= 11 is 0. The van der Waals surface area contributed by atoms with Crippen molar-refractivity contribution in [3.8, 4) is 0 Å². The van der Waals surface area contributed by atoms with E-state index in [1.54, 1.807) is 0 Å². The van der Waals surface area contributed by atoms with Gasteiger partial charge < -0.3 is 19.9 Å². The van der Waals surface area contributed by atoms with Crippen molar-refractivity contribution in [2.45, 2.75) is 38.3 Å². The summed E-state index contributed by atoms with van der Waals surface area (Å²) in [6.07, 6.45) is 5.72. The maximum Gasteiger partial charge on any atom is 0.220 e. The predicted molar refractivity (Wildman–Crippen MR) is 94.0 cm³/mol. The number of ether oxygens (including phenoxy) is 1. The Balaban J connectivity index is 1.40. The molecule has 0 radical (unpaired) electrons. The van der Waals surface area contributed by atoms with E-state index in [-0.39, 0.29) is 12.0 Å². The van der Waals surface area contributed by atoms with E-state index in [9.17, 15) is 4.79 Å². The normalized spacial score (nSPS) is 21.9. The van der Waals surface area contributed by atoms with Gasteiger partial charge in [-0.25, -0.2) is 4.98 Å². The first kappa shape index (κ1) is 17.2. The average molecular weight is 332 g/mol. The fourth-order valence-corrected chi connectivity index (χ4v) is 3.20. The van der Waals surface area contributed by atoms with Gasteiger partial charge in [0.05, 0.1) is 6.10 Å². The summed E-state index contributed by atoms with van der Waals surface area (Å²) < 4.78 is 5.55. The van der Waals surface area contributed by atoms with Crippen molar-refractivity contribution in [1.29, 1.82) is 0 Å². The van der Waals surface area contributed by atoms with Gasteiger partial charge in [0.1, 0.15) is 5.82 Å². The number of likely N-dealkylation sites (N-methyl/N-ethyl adjacent to an activating group) is 1. The number of hydrogen-bond donors (Lipinski definition) is 1. The quantitative estimate of drug-likeness (QED) is 0.853. The molecule has 2 fully saturated rings. The number of aromatic nitrogens is 1. The minimum absolute atomic E-state index is 0.0913. The molecule has 1 amide bonds. The third kappa shape index (κ3) is 4.92. The zero-order valence-corrected chi connectivity index (χ0v) is 14.5.